The predicted octanol–water partition coefficient (Wildman–Crippen LogP) is 4.48. The molecule has 0 spiro atoms. The Balaban J connectivity index is 1.57. The van der Waals surface area contributed by atoms with Crippen LogP contribution in [0.15, 0.2) is 78.9 Å². The van der Waals surface area contributed by atoms with Crippen molar-refractivity contribution < 1.29 is 9.59 Å². The van der Waals surface area contributed by atoms with Crippen LogP contribution in [0, 0.1) is 0 Å². The summed E-state index contributed by atoms with van der Waals surface area (Å²) in [4.78, 5) is 29.3. The summed E-state index contributed by atoms with van der Waals surface area (Å²) in [5.74, 6) is 0.0765. The van der Waals surface area contributed by atoms with Crippen LogP contribution in [0.4, 0.5) is 17.1 Å². The molecule has 0 aromatic heterocycles. The van der Waals surface area contributed by atoms with Crippen molar-refractivity contribution in [2.45, 2.75) is 31.8 Å². The molecule has 0 saturated carbocycles. The van der Waals surface area contributed by atoms with E-state index in [1.54, 1.807) is 11.9 Å². The molecule has 1 saturated heterocycles. The molecule has 1 atom stereocenters. The molecule has 0 bridgehead atoms. The van der Waals surface area contributed by atoms with E-state index in [9.17, 15) is 9.59 Å². The highest BCUT2D eigenvalue weighted by Crippen LogP contribution is 2.27. The van der Waals surface area contributed by atoms with Gasteiger partial charge in [0.25, 0.3) is 5.91 Å². The first kappa shape index (κ1) is 22.6. The molecule has 3 aromatic rings. The Morgan fingerprint density at radius 1 is 1.03 bits per heavy atom. The number of benzene rings is 3. The van der Waals surface area contributed by atoms with Crippen LogP contribution in [-0.2, 0) is 16.1 Å². The van der Waals surface area contributed by atoms with Crippen molar-refractivity contribution in [3.8, 4) is 0 Å². The summed E-state index contributed by atoms with van der Waals surface area (Å²) in [6, 6.07) is 24.5. The first-order valence-electron chi connectivity index (χ1n) is 11.4. The van der Waals surface area contributed by atoms with Crippen LogP contribution in [0.5, 0.6) is 0 Å². The first-order chi connectivity index (χ1) is 16.1. The number of amides is 2. The van der Waals surface area contributed by atoms with E-state index in [2.05, 4.69) is 5.32 Å². The molecule has 4 rings (SSSR count). The zero-order chi connectivity index (χ0) is 23.2. The highest BCUT2D eigenvalue weighted by atomic mass is 16.2. The fraction of sp³-hybridized carbons (Fsp3) is 0.259. The summed E-state index contributed by atoms with van der Waals surface area (Å²) >= 11 is 0. The molecule has 1 heterocycles. The van der Waals surface area contributed by atoms with Gasteiger partial charge in [-0.05, 0) is 60.4 Å². The average Bonchev–Trinajstić information content (AvgIpc) is 2.87. The highest BCUT2D eigenvalue weighted by molar-refractivity contribution is 5.99. The summed E-state index contributed by atoms with van der Waals surface area (Å²) in [5, 5.41) is 3.39. The van der Waals surface area contributed by atoms with E-state index in [0.29, 0.717) is 13.0 Å². The summed E-state index contributed by atoms with van der Waals surface area (Å²) in [5.41, 5.74) is 10.2. The second-order valence-corrected chi connectivity index (χ2v) is 8.31. The molecule has 170 valence electrons. The predicted molar refractivity (Wildman–Crippen MR) is 133 cm³/mol. The Morgan fingerprint density at radius 3 is 2.48 bits per heavy atom. The van der Waals surface area contributed by atoms with Gasteiger partial charge in [-0.2, -0.15) is 0 Å². The highest BCUT2D eigenvalue weighted by Gasteiger charge is 2.25. The van der Waals surface area contributed by atoms with E-state index >= 15 is 0 Å². The Morgan fingerprint density at radius 2 is 1.79 bits per heavy atom. The molecular formula is C27H30N4O2. The zero-order valence-electron chi connectivity index (χ0n) is 18.9. The van der Waals surface area contributed by atoms with Crippen LogP contribution in [0.25, 0.3) is 0 Å². The van der Waals surface area contributed by atoms with E-state index in [-0.39, 0.29) is 11.8 Å². The third-order valence-corrected chi connectivity index (χ3v) is 6.06. The number of carbonyl (C=O) groups is 2. The maximum absolute atomic E-state index is 13.6. The normalized spacial score (nSPS) is 14.6. The van der Waals surface area contributed by atoms with Crippen LogP contribution >= 0.6 is 0 Å². The first-order valence-corrected chi connectivity index (χ1v) is 11.4. The van der Waals surface area contributed by atoms with Crippen LogP contribution < -0.4 is 20.9 Å². The Kier molecular flexibility index (Phi) is 7.05. The fourth-order valence-electron chi connectivity index (χ4n) is 4.14. The quantitative estimate of drug-likeness (QED) is 0.566. The molecule has 6 heteroatoms. The third-order valence-electron chi connectivity index (χ3n) is 6.06. The summed E-state index contributed by atoms with van der Waals surface area (Å²) in [7, 11) is 1.78. The van der Waals surface area contributed by atoms with Gasteiger partial charge in [-0.1, -0.05) is 42.5 Å². The molecule has 2 amide bonds. The number of piperidine rings is 1. The van der Waals surface area contributed by atoms with Gasteiger partial charge >= 0.3 is 0 Å². The smallest absolute Gasteiger partial charge is 0.253 e. The maximum atomic E-state index is 13.6. The van der Waals surface area contributed by atoms with E-state index in [1.165, 1.54) is 0 Å². The summed E-state index contributed by atoms with van der Waals surface area (Å²) in [6.07, 6.45) is 2.56. The zero-order valence-corrected chi connectivity index (χ0v) is 18.9. The number of nitrogens with zero attached hydrogens (tertiary/aromatic N) is 2. The van der Waals surface area contributed by atoms with Gasteiger partial charge in [0, 0.05) is 43.6 Å². The van der Waals surface area contributed by atoms with Gasteiger partial charge in [-0.25, -0.2) is 0 Å². The van der Waals surface area contributed by atoms with Crippen LogP contribution in [0.1, 0.15) is 36.4 Å². The molecule has 1 aliphatic rings. The second-order valence-electron chi connectivity index (χ2n) is 8.31. The van der Waals surface area contributed by atoms with Gasteiger partial charge in [0.05, 0.1) is 0 Å². The molecule has 1 aliphatic heterocycles. The molecular weight excluding hydrogens is 412 g/mol. The largest absolute Gasteiger partial charge is 0.370 e. The Bertz CT molecular complexity index is 1100. The van der Waals surface area contributed by atoms with E-state index in [1.807, 2.05) is 83.8 Å². The van der Waals surface area contributed by atoms with Crippen LogP contribution in [-0.4, -0.2) is 25.4 Å². The molecule has 0 radical (unpaired) electrons. The van der Waals surface area contributed by atoms with Crippen molar-refractivity contribution in [3.05, 3.63) is 90.0 Å². The lowest BCUT2D eigenvalue weighted by Crippen LogP contribution is -2.36. The minimum atomic E-state index is -0.562. The van der Waals surface area contributed by atoms with Crippen molar-refractivity contribution in [2.24, 2.45) is 5.73 Å². The van der Waals surface area contributed by atoms with Gasteiger partial charge in [0.15, 0.2) is 0 Å². The minimum Gasteiger partial charge on any atom is -0.370 e. The number of nitrogens with two attached hydrogens (primary N) is 1. The van der Waals surface area contributed by atoms with Crippen molar-refractivity contribution in [2.75, 3.05) is 28.7 Å². The van der Waals surface area contributed by atoms with Crippen molar-refractivity contribution >= 4 is 28.9 Å². The summed E-state index contributed by atoms with van der Waals surface area (Å²) < 4.78 is 0. The molecule has 33 heavy (non-hydrogen) atoms. The SMILES string of the molecule is CN(C(=O)C(Nc1cccc(CN)c1)c1ccccc1)c1ccc(N2CCCCC2=O)cc1. The number of hydrogen-bond acceptors (Lipinski definition) is 4. The molecule has 6 nitrogen and oxygen atoms in total. The number of nitrogens with one attached hydrogen (secondary N) is 1. The van der Waals surface area contributed by atoms with Crippen LogP contribution in [0.3, 0.4) is 0 Å². The Hall–Kier alpha value is -3.64. The molecule has 3 N–H and O–H groups in total. The van der Waals surface area contributed by atoms with Crippen molar-refractivity contribution in [1.29, 1.82) is 0 Å². The topological polar surface area (TPSA) is 78.7 Å². The lowest BCUT2D eigenvalue weighted by atomic mass is 10.0. The fourth-order valence-corrected chi connectivity index (χ4v) is 4.14. The van der Waals surface area contributed by atoms with Gasteiger partial charge < -0.3 is 20.9 Å². The van der Waals surface area contributed by atoms with E-state index < -0.39 is 6.04 Å². The van der Waals surface area contributed by atoms with Gasteiger partial charge in [-0.15, -0.1) is 0 Å². The lowest BCUT2D eigenvalue weighted by Gasteiger charge is -2.28. The monoisotopic (exact) mass is 442 g/mol. The number of anilines is 3. The van der Waals surface area contributed by atoms with E-state index in [0.717, 1.165) is 47.6 Å². The van der Waals surface area contributed by atoms with Gasteiger partial charge in [0.2, 0.25) is 5.91 Å². The number of hydrogen-bond donors (Lipinski definition) is 2. The maximum Gasteiger partial charge on any atom is 0.253 e. The third kappa shape index (κ3) is 5.23. The van der Waals surface area contributed by atoms with Crippen molar-refractivity contribution in [3.63, 3.8) is 0 Å². The minimum absolute atomic E-state index is 0.0823. The number of carbonyl (C=O) groups excluding carboxylic acids is 2. The standard InChI is InChI=1S/C27H30N4O2/c1-30(23-13-15-24(16-14-23)31-17-6-5-12-25(31)32)27(33)26(21-9-3-2-4-10-21)29-22-11-7-8-20(18-22)19-28/h2-4,7-11,13-16,18,26,29H,5-6,12,17,19,28H2,1H3. The second kappa shape index (κ2) is 10.3. The summed E-state index contributed by atoms with van der Waals surface area (Å²) in [6.45, 7) is 1.18. The Labute approximate surface area is 195 Å². The van der Waals surface area contributed by atoms with E-state index in [4.69, 9.17) is 5.73 Å². The van der Waals surface area contributed by atoms with Crippen molar-refractivity contribution in [1.82, 2.24) is 0 Å². The molecule has 3 aromatic carbocycles. The van der Waals surface area contributed by atoms with Gasteiger partial charge in [0.1, 0.15) is 6.04 Å². The van der Waals surface area contributed by atoms with Gasteiger partial charge in [-0.3, -0.25) is 9.59 Å². The number of likely N-dealkylation sites (N-methyl/N-ethyl adjacent to an activating group) is 1. The lowest BCUT2D eigenvalue weighted by molar-refractivity contribution is -0.120. The molecule has 1 fully saturated rings. The van der Waals surface area contributed by atoms with Crippen LogP contribution in [0.2, 0.25) is 0 Å². The molecule has 1 unspecified atom stereocenters. The number of rotatable bonds is 7. The molecule has 0 aliphatic carbocycles. The average molecular weight is 443 g/mol.